The van der Waals surface area contributed by atoms with Gasteiger partial charge in [0.15, 0.2) is 0 Å². The van der Waals surface area contributed by atoms with Gasteiger partial charge in [-0.2, -0.15) is 24.5 Å². The van der Waals surface area contributed by atoms with Crippen LogP contribution in [0.4, 0.5) is 13.2 Å². The van der Waals surface area contributed by atoms with Gasteiger partial charge in [-0.3, -0.25) is 9.69 Å². The molecule has 0 fully saturated rings. The second-order valence-corrected chi connectivity index (χ2v) is 5.47. The molecule has 1 heterocycles. The van der Waals surface area contributed by atoms with E-state index in [9.17, 15) is 18.0 Å². The molecule has 0 aromatic carbocycles. The molecule has 0 atom stereocenters. The van der Waals surface area contributed by atoms with Gasteiger partial charge in [0.2, 0.25) is 5.91 Å². The van der Waals surface area contributed by atoms with Crippen molar-refractivity contribution in [3.05, 3.63) is 22.4 Å². The number of carbonyl (C=O) groups is 1. The van der Waals surface area contributed by atoms with Gasteiger partial charge >= 0.3 is 6.18 Å². The SMILES string of the molecule is CN(CCCNC(=O)CCc1ccsc1)CC(F)(F)F. The first-order valence-corrected chi connectivity index (χ1v) is 7.34. The summed E-state index contributed by atoms with van der Waals surface area (Å²) in [5, 5.41) is 6.68. The van der Waals surface area contributed by atoms with Gasteiger partial charge in [0, 0.05) is 13.0 Å². The van der Waals surface area contributed by atoms with Crippen LogP contribution >= 0.6 is 11.3 Å². The number of carbonyl (C=O) groups excluding carboxylic acids is 1. The van der Waals surface area contributed by atoms with Crippen LogP contribution in [0.15, 0.2) is 16.8 Å². The number of hydrogen-bond donors (Lipinski definition) is 1. The van der Waals surface area contributed by atoms with Gasteiger partial charge in [-0.15, -0.1) is 0 Å². The third kappa shape index (κ3) is 8.16. The summed E-state index contributed by atoms with van der Waals surface area (Å²) in [5.74, 6) is -0.0605. The van der Waals surface area contributed by atoms with Crippen molar-refractivity contribution in [2.45, 2.75) is 25.4 Å². The zero-order valence-corrected chi connectivity index (χ0v) is 12.2. The molecule has 0 unspecified atom stereocenters. The largest absolute Gasteiger partial charge is 0.401 e. The van der Waals surface area contributed by atoms with Crippen LogP contribution in [0, 0.1) is 0 Å². The lowest BCUT2D eigenvalue weighted by atomic mass is 10.2. The van der Waals surface area contributed by atoms with Crippen LogP contribution in [0.3, 0.4) is 0 Å². The van der Waals surface area contributed by atoms with Crippen LogP contribution in [0.1, 0.15) is 18.4 Å². The molecule has 0 saturated heterocycles. The highest BCUT2D eigenvalue weighted by atomic mass is 32.1. The fourth-order valence-corrected chi connectivity index (χ4v) is 2.45. The molecule has 0 aliphatic rings. The Morgan fingerprint density at radius 1 is 1.45 bits per heavy atom. The lowest BCUT2D eigenvalue weighted by Gasteiger charge is -2.18. The quantitative estimate of drug-likeness (QED) is 0.749. The maximum atomic E-state index is 12.1. The number of nitrogens with one attached hydrogen (secondary N) is 1. The molecule has 1 aromatic rings. The van der Waals surface area contributed by atoms with Gasteiger partial charge in [0.05, 0.1) is 6.54 Å². The van der Waals surface area contributed by atoms with Crippen molar-refractivity contribution in [3.8, 4) is 0 Å². The van der Waals surface area contributed by atoms with Crippen molar-refractivity contribution < 1.29 is 18.0 Å². The van der Waals surface area contributed by atoms with Crippen LogP contribution in [0.2, 0.25) is 0 Å². The molecular formula is C13H19F3N2OS. The van der Waals surface area contributed by atoms with Crippen LogP contribution < -0.4 is 5.32 Å². The van der Waals surface area contributed by atoms with Crippen LogP contribution in [0.25, 0.3) is 0 Å². The fraction of sp³-hybridized carbons (Fsp3) is 0.615. The highest BCUT2D eigenvalue weighted by Crippen LogP contribution is 2.15. The van der Waals surface area contributed by atoms with E-state index in [1.807, 2.05) is 16.8 Å². The molecule has 0 aliphatic heterocycles. The minimum atomic E-state index is -4.17. The average molecular weight is 308 g/mol. The molecular weight excluding hydrogens is 289 g/mol. The molecule has 20 heavy (non-hydrogen) atoms. The minimum Gasteiger partial charge on any atom is -0.356 e. The second-order valence-electron chi connectivity index (χ2n) is 4.69. The lowest BCUT2D eigenvalue weighted by molar-refractivity contribution is -0.143. The molecule has 1 rings (SSSR count). The standard InChI is InChI=1S/C13H19F3N2OS/c1-18(10-13(14,15)16)7-2-6-17-12(19)4-3-11-5-8-20-9-11/h5,8-9H,2-4,6-7,10H2,1H3,(H,17,19). The predicted molar refractivity (Wildman–Crippen MR) is 73.8 cm³/mol. The number of aryl methyl sites for hydroxylation is 1. The molecule has 0 radical (unpaired) electrons. The first kappa shape index (κ1) is 17.0. The molecule has 1 aromatic heterocycles. The molecule has 0 bridgehead atoms. The minimum absolute atomic E-state index is 0.0605. The summed E-state index contributed by atoms with van der Waals surface area (Å²) in [7, 11) is 1.42. The van der Waals surface area contributed by atoms with Crippen LogP contribution in [0.5, 0.6) is 0 Å². The molecule has 7 heteroatoms. The van der Waals surface area contributed by atoms with E-state index in [1.165, 1.54) is 11.9 Å². The topological polar surface area (TPSA) is 32.3 Å². The summed E-state index contributed by atoms with van der Waals surface area (Å²) < 4.78 is 36.2. The number of thiophene rings is 1. The molecule has 0 spiro atoms. The normalized spacial score (nSPS) is 11.8. The Kier molecular flexibility index (Phi) is 7.01. The highest BCUT2D eigenvalue weighted by molar-refractivity contribution is 7.07. The Morgan fingerprint density at radius 2 is 2.20 bits per heavy atom. The van der Waals surface area contributed by atoms with E-state index in [0.29, 0.717) is 32.4 Å². The molecule has 0 saturated carbocycles. The summed E-state index contributed by atoms with van der Waals surface area (Å²) in [5.41, 5.74) is 1.13. The second kappa shape index (κ2) is 8.26. The van der Waals surface area contributed by atoms with Crippen molar-refractivity contribution in [1.82, 2.24) is 10.2 Å². The zero-order valence-electron chi connectivity index (χ0n) is 11.4. The monoisotopic (exact) mass is 308 g/mol. The number of amides is 1. The van der Waals surface area contributed by atoms with Gasteiger partial charge < -0.3 is 5.32 Å². The van der Waals surface area contributed by atoms with Crippen molar-refractivity contribution in [3.63, 3.8) is 0 Å². The molecule has 114 valence electrons. The number of hydrogen-bond acceptors (Lipinski definition) is 3. The number of rotatable bonds is 8. The molecule has 3 nitrogen and oxygen atoms in total. The van der Waals surface area contributed by atoms with Crippen molar-refractivity contribution in [2.24, 2.45) is 0 Å². The van der Waals surface area contributed by atoms with E-state index in [-0.39, 0.29) is 5.91 Å². The summed E-state index contributed by atoms with van der Waals surface area (Å²) >= 11 is 1.59. The van der Waals surface area contributed by atoms with Crippen LogP contribution in [-0.4, -0.2) is 43.7 Å². The van der Waals surface area contributed by atoms with E-state index >= 15 is 0 Å². The van der Waals surface area contributed by atoms with Crippen LogP contribution in [-0.2, 0) is 11.2 Å². The third-order valence-electron chi connectivity index (χ3n) is 2.71. The van der Waals surface area contributed by atoms with E-state index in [0.717, 1.165) is 5.56 Å². The van der Waals surface area contributed by atoms with Gasteiger partial charge in [0.1, 0.15) is 0 Å². The van der Waals surface area contributed by atoms with Gasteiger partial charge in [-0.25, -0.2) is 0 Å². The number of halogens is 3. The van der Waals surface area contributed by atoms with Gasteiger partial charge in [-0.1, -0.05) is 0 Å². The average Bonchev–Trinajstić information content (AvgIpc) is 2.83. The molecule has 1 amide bonds. The van der Waals surface area contributed by atoms with E-state index in [2.05, 4.69) is 5.32 Å². The first-order chi connectivity index (χ1) is 9.37. The Labute approximate surface area is 120 Å². The Hall–Kier alpha value is -1.08. The highest BCUT2D eigenvalue weighted by Gasteiger charge is 2.28. The van der Waals surface area contributed by atoms with E-state index < -0.39 is 12.7 Å². The zero-order chi connectivity index (χ0) is 15.0. The fourth-order valence-electron chi connectivity index (χ4n) is 1.74. The summed E-state index contributed by atoms with van der Waals surface area (Å²) in [4.78, 5) is 12.7. The third-order valence-corrected chi connectivity index (χ3v) is 3.44. The van der Waals surface area contributed by atoms with Gasteiger partial charge in [0.25, 0.3) is 0 Å². The number of alkyl halides is 3. The molecule has 0 aliphatic carbocycles. The Balaban J connectivity index is 2.04. The molecule has 1 N–H and O–H groups in total. The summed E-state index contributed by atoms with van der Waals surface area (Å²) in [6.07, 6.45) is -2.55. The maximum absolute atomic E-state index is 12.1. The lowest BCUT2D eigenvalue weighted by Crippen LogP contribution is -2.33. The van der Waals surface area contributed by atoms with Crippen molar-refractivity contribution >= 4 is 17.2 Å². The Bertz CT molecular complexity index is 393. The maximum Gasteiger partial charge on any atom is 0.401 e. The Morgan fingerprint density at radius 3 is 2.80 bits per heavy atom. The van der Waals surface area contributed by atoms with Gasteiger partial charge in [-0.05, 0) is 48.8 Å². The summed E-state index contributed by atoms with van der Waals surface area (Å²) in [6.45, 7) is -0.200. The first-order valence-electron chi connectivity index (χ1n) is 6.40. The van der Waals surface area contributed by atoms with Crippen molar-refractivity contribution in [2.75, 3.05) is 26.7 Å². The smallest absolute Gasteiger partial charge is 0.356 e. The summed E-state index contributed by atoms with van der Waals surface area (Å²) in [6, 6.07) is 1.98. The van der Waals surface area contributed by atoms with E-state index in [1.54, 1.807) is 11.3 Å². The predicted octanol–water partition coefficient (Wildman–Crippen LogP) is 2.68. The number of nitrogens with zero attached hydrogens (tertiary/aromatic N) is 1. The van der Waals surface area contributed by atoms with Crippen molar-refractivity contribution in [1.29, 1.82) is 0 Å². The van der Waals surface area contributed by atoms with E-state index in [4.69, 9.17) is 0 Å².